The molecule has 9 heteroatoms. The van der Waals surface area contributed by atoms with Crippen LogP contribution in [-0.2, 0) is 4.79 Å². The van der Waals surface area contributed by atoms with Crippen molar-refractivity contribution in [2.45, 2.75) is 10.1 Å². The van der Waals surface area contributed by atoms with E-state index in [0.717, 1.165) is 20.7 Å². The average Bonchev–Trinajstić information content (AvgIpc) is 3.38. The number of amides is 2. The largest absolute Gasteiger partial charge is 0.493 e. The number of carbonyl (C=O) groups is 2. The van der Waals surface area contributed by atoms with Gasteiger partial charge in [-0.15, -0.1) is 11.8 Å². The fourth-order valence-electron chi connectivity index (χ4n) is 3.96. The van der Waals surface area contributed by atoms with E-state index in [1.165, 1.54) is 30.2 Å². The fraction of sp³-hybridized carbons (Fsp3) is 0.100. The van der Waals surface area contributed by atoms with Crippen LogP contribution in [0.5, 0.6) is 11.5 Å². The van der Waals surface area contributed by atoms with E-state index in [4.69, 9.17) is 9.47 Å². The Labute approximate surface area is 234 Å². The number of hydrogen-bond acceptors (Lipinski definition) is 7. The number of rotatable bonds is 9. The van der Waals surface area contributed by atoms with Crippen molar-refractivity contribution in [3.05, 3.63) is 108 Å². The number of benzene rings is 4. The normalized spacial score (nSPS) is 11.5. The number of thioether (sulfide) groups is 1. The molecule has 39 heavy (non-hydrogen) atoms. The van der Waals surface area contributed by atoms with Gasteiger partial charge in [0.15, 0.2) is 16.6 Å². The molecule has 2 amide bonds. The van der Waals surface area contributed by atoms with Crippen molar-refractivity contribution in [1.29, 1.82) is 0 Å². The molecule has 1 aromatic heterocycles. The van der Waals surface area contributed by atoms with Crippen molar-refractivity contribution < 1.29 is 19.1 Å². The van der Waals surface area contributed by atoms with E-state index in [-0.39, 0.29) is 11.8 Å². The van der Waals surface area contributed by atoms with Gasteiger partial charge in [-0.3, -0.25) is 9.59 Å². The molecule has 0 aliphatic heterocycles. The van der Waals surface area contributed by atoms with Crippen LogP contribution in [0.2, 0.25) is 0 Å². The smallest absolute Gasteiger partial charge is 0.255 e. The summed E-state index contributed by atoms with van der Waals surface area (Å²) in [7, 11) is 3.07. The lowest BCUT2D eigenvalue weighted by Gasteiger charge is -2.17. The second-order valence-corrected chi connectivity index (χ2v) is 10.6. The van der Waals surface area contributed by atoms with Gasteiger partial charge in [0, 0.05) is 16.1 Å². The van der Waals surface area contributed by atoms with Crippen molar-refractivity contribution in [1.82, 2.24) is 4.98 Å². The number of anilines is 2. The summed E-state index contributed by atoms with van der Waals surface area (Å²) in [5.74, 6) is 0.555. The summed E-state index contributed by atoms with van der Waals surface area (Å²) < 4.78 is 11.6. The predicted molar refractivity (Wildman–Crippen MR) is 157 cm³/mol. The molecule has 7 nitrogen and oxygen atoms in total. The number of nitrogens with one attached hydrogen (secondary N) is 2. The van der Waals surface area contributed by atoms with E-state index in [1.54, 1.807) is 31.4 Å². The van der Waals surface area contributed by atoms with E-state index in [2.05, 4.69) is 15.6 Å². The topological polar surface area (TPSA) is 89.5 Å². The highest BCUT2D eigenvalue weighted by Crippen LogP contribution is 2.38. The van der Waals surface area contributed by atoms with Crippen LogP contribution in [0.3, 0.4) is 0 Å². The van der Waals surface area contributed by atoms with E-state index in [0.29, 0.717) is 27.9 Å². The zero-order valence-electron chi connectivity index (χ0n) is 21.2. The van der Waals surface area contributed by atoms with Gasteiger partial charge in [-0.05, 0) is 54.1 Å². The van der Waals surface area contributed by atoms with Crippen molar-refractivity contribution in [2.75, 3.05) is 24.9 Å². The first-order valence-corrected chi connectivity index (χ1v) is 13.7. The molecule has 1 atom stereocenters. The lowest BCUT2D eigenvalue weighted by Crippen LogP contribution is -2.19. The number of ether oxygens (including phenoxy) is 2. The number of para-hydroxylation sites is 1. The van der Waals surface area contributed by atoms with Crippen LogP contribution >= 0.6 is 23.1 Å². The van der Waals surface area contributed by atoms with Gasteiger partial charge in [0.1, 0.15) is 5.25 Å². The Morgan fingerprint density at radius 3 is 2.36 bits per heavy atom. The predicted octanol–water partition coefficient (Wildman–Crippen LogP) is 7.04. The molecule has 0 saturated heterocycles. The van der Waals surface area contributed by atoms with Crippen LogP contribution < -0.4 is 20.1 Å². The van der Waals surface area contributed by atoms with E-state index < -0.39 is 5.25 Å². The molecule has 0 spiro atoms. The van der Waals surface area contributed by atoms with Crippen LogP contribution in [0.15, 0.2) is 102 Å². The number of hydrogen-bond donors (Lipinski definition) is 2. The Morgan fingerprint density at radius 2 is 1.59 bits per heavy atom. The highest BCUT2D eigenvalue weighted by Gasteiger charge is 2.23. The fourth-order valence-corrected chi connectivity index (χ4v) is 5.91. The number of methoxy groups -OCH3 is 2. The quantitative estimate of drug-likeness (QED) is 0.190. The second-order valence-electron chi connectivity index (χ2n) is 8.44. The molecule has 1 heterocycles. The Bertz CT molecular complexity index is 1590. The molecular weight excluding hydrogens is 530 g/mol. The van der Waals surface area contributed by atoms with Crippen LogP contribution in [-0.4, -0.2) is 31.0 Å². The van der Waals surface area contributed by atoms with E-state index in [1.807, 2.05) is 72.8 Å². The average molecular weight is 556 g/mol. The summed E-state index contributed by atoms with van der Waals surface area (Å²) >= 11 is 2.84. The SMILES string of the molecule is COc1ccc(C(=O)Nc2cccc(SC(C(=O)Nc3nc4ccccc4s3)c3ccccc3)c2)cc1OC. The van der Waals surface area contributed by atoms with E-state index in [9.17, 15) is 9.59 Å². The molecule has 1 unspecified atom stereocenters. The summed E-state index contributed by atoms with van der Waals surface area (Å²) in [5.41, 5.74) is 2.75. The Morgan fingerprint density at radius 1 is 0.821 bits per heavy atom. The summed E-state index contributed by atoms with van der Waals surface area (Å²) in [6.45, 7) is 0. The van der Waals surface area contributed by atoms with Crippen LogP contribution in [0, 0.1) is 0 Å². The van der Waals surface area contributed by atoms with Crippen molar-refractivity contribution >= 4 is 55.9 Å². The molecule has 0 bridgehead atoms. The van der Waals surface area contributed by atoms with Crippen LogP contribution in [0.4, 0.5) is 10.8 Å². The van der Waals surface area contributed by atoms with Gasteiger partial charge in [-0.25, -0.2) is 4.98 Å². The Kier molecular flexibility index (Phi) is 8.10. The van der Waals surface area contributed by atoms with Gasteiger partial charge in [-0.2, -0.15) is 0 Å². The summed E-state index contributed by atoms with van der Waals surface area (Å²) in [5, 5.41) is 5.94. The standard InChI is InChI=1S/C30H25N3O4S2/c1-36-24-16-15-20(17-25(24)37-2)28(34)31-21-11-8-12-22(18-21)38-27(19-9-4-3-5-10-19)29(35)33-30-32-23-13-6-7-14-26(23)39-30/h3-18,27H,1-2H3,(H,31,34)(H,32,33,35). The molecule has 2 N–H and O–H groups in total. The zero-order chi connectivity index (χ0) is 27.2. The van der Waals surface area contributed by atoms with Gasteiger partial charge in [0.2, 0.25) is 5.91 Å². The molecule has 0 aliphatic carbocycles. The monoisotopic (exact) mass is 555 g/mol. The third-order valence-corrected chi connectivity index (χ3v) is 8.06. The molecule has 5 aromatic rings. The molecule has 5 rings (SSSR count). The van der Waals surface area contributed by atoms with Crippen LogP contribution in [0.25, 0.3) is 10.2 Å². The minimum absolute atomic E-state index is 0.176. The molecular formula is C30H25N3O4S2. The third-order valence-electron chi connectivity index (χ3n) is 5.86. The minimum Gasteiger partial charge on any atom is -0.493 e. The highest BCUT2D eigenvalue weighted by atomic mass is 32.2. The molecule has 0 aliphatic rings. The van der Waals surface area contributed by atoms with Gasteiger partial charge in [0.25, 0.3) is 5.91 Å². The maximum Gasteiger partial charge on any atom is 0.255 e. The molecule has 4 aromatic carbocycles. The Hall–Kier alpha value is -4.34. The van der Waals surface area contributed by atoms with E-state index >= 15 is 0 Å². The maximum atomic E-state index is 13.5. The summed E-state index contributed by atoms with van der Waals surface area (Å²) in [4.78, 5) is 31.8. The highest BCUT2D eigenvalue weighted by molar-refractivity contribution is 8.00. The van der Waals surface area contributed by atoms with Crippen LogP contribution in [0.1, 0.15) is 21.2 Å². The number of nitrogens with zero attached hydrogens (tertiary/aromatic N) is 1. The van der Waals surface area contributed by atoms with Crippen molar-refractivity contribution in [3.63, 3.8) is 0 Å². The first kappa shape index (κ1) is 26.3. The maximum absolute atomic E-state index is 13.5. The molecule has 196 valence electrons. The van der Waals surface area contributed by atoms with Gasteiger partial charge in [0.05, 0.1) is 24.4 Å². The number of thiazole rings is 1. The number of fused-ring (bicyclic) bond motifs is 1. The third kappa shape index (κ3) is 6.22. The molecule has 0 radical (unpaired) electrons. The minimum atomic E-state index is -0.532. The van der Waals surface area contributed by atoms with Crippen molar-refractivity contribution in [2.24, 2.45) is 0 Å². The lowest BCUT2D eigenvalue weighted by atomic mass is 10.1. The second kappa shape index (κ2) is 12.0. The van der Waals surface area contributed by atoms with Gasteiger partial charge >= 0.3 is 0 Å². The van der Waals surface area contributed by atoms with Crippen molar-refractivity contribution in [3.8, 4) is 11.5 Å². The number of carbonyl (C=O) groups excluding carboxylic acids is 2. The summed E-state index contributed by atoms with van der Waals surface area (Å²) in [6, 6.07) is 29.8. The first-order valence-electron chi connectivity index (χ1n) is 12.1. The van der Waals surface area contributed by atoms with Gasteiger partial charge < -0.3 is 20.1 Å². The van der Waals surface area contributed by atoms with Gasteiger partial charge in [-0.1, -0.05) is 59.9 Å². The zero-order valence-corrected chi connectivity index (χ0v) is 22.8. The first-order chi connectivity index (χ1) is 19.0. The lowest BCUT2D eigenvalue weighted by molar-refractivity contribution is -0.115. The Balaban J connectivity index is 1.35. The number of aromatic nitrogens is 1. The molecule has 0 fully saturated rings. The molecule has 0 saturated carbocycles. The summed E-state index contributed by atoms with van der Waals surface area (Å²) in [6.07, 6.45) is 0.